The number of ether oxygens (including phenoxy) is 9. The second kappa shape index (κ2) is 26.9. The van der Waals surface area contributed by atoms with Crippen molar-refractivity contribution in [2.75, 3.05) is 34.8 Å². The average molecular weight is 1270 g/mol. The molecule has 3 amide bonds. The Labute approximate surface area is 530 Å². The zero-order chi connectivity index (χ0) is 66.6. The van der Waals surface area contributed by atoms with Gasteiger partial charge in [0.25, 0.3) is 31.2 Å². The van der Waals surface area contributed by atoms with E-state index in [1.807, 2.05) is 0 Å². The van der Waals surface area contributed by atoms with E-state index >= 15 is 9.59 Å². The molecular formula is C67H73N5O20+2. The lowest BCUT2D eigenvalue weighted by Gasteiger charge is -2.67. The number of hydrogen-bond acceptors (Lipinski definition) is 20. The molecule has 5 aromatic rings. The number of nitrogens with one attached hydrogen (secondary N) is 1. The molecule has 2 bridgehead atoms. The summed E-state index contributed by atoms with van der Waals surface area (Å²) in [4.78, 5) is 146. The number of pyridine rings is 2. The number of carbonyl (C=O) groups excluding carboxylic acids is 10. The lowest BCUT2D eigenvalue weighted by atomic mass is 9.44. The Morgan fingerprint density at radius 1 is 0.674 bits per heavy atom. The second-order valence-corrected chi connectivity index (χ2v) is 24.2. The van der Waals surface area contributed by atoms with Crippen molar-refractivity contribution in [2.24, 2.45) is 16.7 Å². The molecule has 11 atom stereocenters. The summed E-state index contributed by atoms with van der Waals surface area (Å²) in [7, 11) is 6.25. The van der Waals surface area contributed by atoms with Gasteiger partial charge in [-0.3, -0.25) is 28.8 Å². The summed E-state index contributed by atoms with van der Waals surface area (Å²) in [6, 6.07) is 28.1. The molecule has 2 saturated carbocycles. The summed E-state index contributed by atoms with van der Waals surface area (Å²) >= 11 is 0. The van der Waals surface area contributed by atoms with Crippen LogP contribution in [-0.4, -0.2) is 157 Å². The van der Waals surface area contributed by atoms with E-state index in [1.165, 1.54) is 95.7 Å². The van der Waals surface area contributed by atoms with Crippen LogP contribution < -0.4 is 14.5 Å². The zero-order valence-corrected chi connectivity index (χ0v) is 52.4. The summed E-state index contributed by atoms with van der Waals surface area (Å²) in [6.45, 7) is 6.39. The van der Waals surface area contributed by atoms with Crippen LogP contribution in [0, 0.1) is 16.7 Å². The van der Waals surface area contributed by atoms with Crippen molar-refractivity contribution in [3.63, 3.8) is 0 Å². The van der Waals surface area contributed by atoms with Gasteiger partial charge in [-0.25, -0.2) is 19.2 Å². The van der Waals surface area contributed by atoms with Crippen molar-refractivity contribution in [3.8, 4) is 0 Å². The summed E-state index contributed by atoms with van der Waals surface area (Å²) in [5, 5.41) is 17.2. The van der Waals surface area contributed by atoms with Crippen molar-refractivity contribution in [1.82, 2.24) is 15.1 Å². The first-order chi connectivity index (χ1) is 43.6. The van der Waals surface area contributed by atoms with Gasteiger partial charge in [-0.15, -0.1) is 0 Å². The fourth-order valence-electron chi connectivity index (χ4n) is 13.0. The quantitative estimate of drug-likeness (QED) is 0.0483. The fourth-order valence-corrected chi connectivity index (χ4v) is 13.0. The summed E-state index contributed by atoms with van der Waals surface area (Å²) in [5.41, 5.74) is -8.22. The van der Waals surface area contributed by atoms with Crippen LogP contribution in [0.4, 0.5) is 9.59 Å². The minimum Gasteiger partial charge on any atom is -0.455 e. The molecule has 1 saturated heterocycles. The smallest absolute Gasteiger partial charge is 0.455 e. The van der Waals surface area contributed by atoms with Gasteiger partial charge in [0.1, 0.15) is 47.2 Å². The number of carbonyl (C=O) groups is 10. The van der Waals surface area contributed by atoms with Gasteiger partial charge in [-0.2, -0.15) is 9.13 Å². The predicted octanol–water partition coefficient (Wildman–Crippen LogP) is 5.35. The SMILES string of the molecule is CC(=O)O[C@H]1C(=O)[C@]2(C)[C@@H](OC(=O)OC[n+]3cccc(C(=O)N(C)C)c3)C[C@H]3OC[C@@]3(OC(C)=O)[C@H]2[C@H](OC(=O)c2ccccc2)[C@]2(O)C[C@H](OC(=O)[C@H](OC(=O)OC[n+]3cccc(C(=O)N(C)C)c3)[C@@H](NC(=O)c3ccccc3)c3ccccc3)C(C)=C1C2(C)C. The molecule has 3 fully saturated rings. The van der Waals surface area contributed by atoms with Crippen molar-refractivity contribution in [1.29, 1.82) is 0 Å². The largest absolute Gasteiger partial charge is 0.514 e. The van der Waals surface area contributed by atoms with Gasteiger partial charge < -0.3 is 62.9 Å². The highest BCUT2D eigenvalue weighted by Gasteiger charge is 2.79. The third-order valence-corrected chi connectivity index (χ3v) is 17.6. The number of aliphatic hydroxyl groups is 1. The van der Waals surface area contributed by atoms with Gasteiger partial charge in [0.05, 0.1) is 23.5 Å². The normalized spacial score (nSPS) is 24.9. The lowest BCUT2D eigenvalue weighted by Crippen LogP contribution is -2.82. The van der Waals surface area contributed by atoms with E-state index in [1.54, 1.807) is 119 Å². The topological polar surface area (TPSA) is 300 Å². The Bertz CT molecular complexity index is 3710. The van der Waals surface area contributed by atoms with Crippen LogP contribution in [0.3, 0.4) is 0 Å². The lowest BCUT2D eigenvalue weighted by molar-refractivity contribution is -0.728. The first-order valence-corrected chi connectivity index (χ1v) is 29.5. The summed E-state index contributed by atoms with van der Waals surface area (Å²) in [5.74, 6) is -8.58. The molecule has 3 aromatic carbocycles. The van der Waals surface area contributed by atoms with Crippen LogP contribution in [0.5, 0.6) is 0 Å². The Morgan fingerprint density at radius 2 is 1.21 bits per heavy atom. The Balaban J connectivity index is 1.18. The number of nitrogens with zero attached hydrogens (tertiary/aromatic N) is 4. The van der Waals surface area contributed by atoms with E-state index < -0.39 is 145 Å². The average Bonchev–Trinajstić information content (AvgIpc) is 0.669. The fraction of sp³-hybridized carbons (Fsp3) is 0.403. The molecule has 2 N–H and O–H groups in total. The molecule has 25 nitrogen and oxygen atoms in total. The van der Waals surface area contributed by atoms with Crippen molar-refractivity contribution in [3.05, 3.63) is 179 Å². The maximum atomic E-state index is 16.6. The Morgan fingerprint density at radius 3 is 1.73 bits per heavy atom. The standard InChI is InChI=1S/C67H72N5O20/c1-39-47(88-61(80)53(90-63(82)86-38-72-31-21-29-46(35-72)59(78)70(9)10)51(42-22-14-11-15-23-42)68-57(76)43-24-16-12-17-25-43)33-67(83)56(91-60(79)44-26-18-13-19-27-44)54-65(6,55(75)52(87-40(2)73)50(39)64(67,4)5)48(32-49-66(54,36-84-49)92-41(3)74)89-62(81)85-37-71-30-20-28-45(34-71)58(77)69(7)8/h11-31,34-35,47-49,51-54,56,83H,32-33,36-38H2,1-10H3/q+1/p+1/t47-,48-,49+,51-,52+,53+,54-,56-,65+,66-,67+/m0/s1. The highest BCUT2D eigenvalue weighted by atomic mass is 16.7. The molecule has 484 valence electrons. The molecule has 25 heteroatoms. The van der Waals surface area contributed by atoms with Crippen LogP contribution in [0.1, 0.15) is 107 Å². The number of ketones is 1. The van der Waals surface area contributed by atoms with Gasteiger partial charge in [-0.1, -0.05) is 80.6 Å². The van der Waals surface area contributed by atoms with E-state index in [2.05, 4.69) is 5.32 Å². The summed E-state index contributed by atoms with van der Waals surface area (Å²) in [6.07, 6.45) is -9.03. The van der Waals surface area contributed by atoms with E-state index in [-0.39, 0.29) is 57.2 Å². The molecule has 92 heavy (non-hydrogen) atoms. The van der Waals surface area contributed by atoms with Gasteiger partial charge in [0, 0.05) is 78.0 Å². The van der Waals surface area contributed by atoms with Crippen molar-refractivity contribution < 1.29 is 105 Å². The number of esters is 4. The predicted molar refractivity (Wildman–Crippen MR) is 318 cm³/mol. The third kappa shape index (κ3) is 13.2. The van der Waals surface area contributed by atoms with E-state index in [0.717, 1.165) is 13.8 Å². The Hall–Kier alpha value is -9.88. The maximum Gasteiger partial charge on any atom is 0.514 e. The monoisotopic (exact) mass is 1270 g/mol. The van der Waals surface area contributed by atoms with Gasteiger partial charge in [0.2, 0.25) is 6.10 Å². The molecule has 2 aromatic heterocycles. The third-order valence-electron chi connectivity index (χ3n) is 17.6. The molecule has 4 aliphatic rings. The molecular weight excluding hydrogens is 1190 g/mol. The number of aromatic nitrogens is 2. The molecule has 3 heterocycles. The number of fused-ring (bicyclic) bond motifs is 5. The van der Waals surface area contributed by atoms with Crippen molar-refractivity contribution >= 4 is 59.7 Å². The maximum absolute atomic E-state index is 16.6. The van der Waals surface area contributed by atoms with E-state index in [9.17, 15) is 43.5 Å². The number of amides is 3. The second-order valence-electron chi connectivity index (χ2n) is 24.2. The number of benzene rings is 3. The molecule has 1 aliphatic heterocycles. The highest BCUT2D eigenvalue weighted by Crippen LogP contribution is 2.65. The molecule has 0 radical (unpaired) electrons. The minimum atomic E-state index is -2.65. The van der Waals surface area contributed by atoms with Crippen molar-refractivity contribution in [2.45, 2.75) is 122 Å². The molecule has 0 unspecified atom stereocenters. The van der Waals surface area contributed by atoms with Gasteiger partial charge in [-0.05, 0) is 67.0 Å². The van der Waals surface area contributed by atoms with Crippen LogP contribution >= 0.6 is 0 Å². The van der Waals surface area contributed by atoms with Crippen LogP contribution in [0.25, 0.3) is 0 Å². The number of hydrogen-bond donors (Lipinski definition) is 2. The van der Waals surface area contributed by atoms with Crippen LogP contribution in [0.2, 0.25) is 0 Å². The molecule has 0 spiro atoms. The number of Topliss-reactive ketones (excluding diaryl/α,β-unsaturated/α-hetero) is 1. The summed E-state index contributed by atoms with van der Waals surface area (Å²) < 4.78 is 57.7. The van der Waals surface area contributed by atoms with Gasteiger partial charge in [0.15, 0.2) is 42.3 Å². The number of rotatable bonds is 18. The van der Waals surface area contributed by atoms with E-state index in [4.69, 9.17) is 42.6 Å². The van der Waals surface area contributed by atoms with Gasteiger partial charge >= 0.3 is 36.2 Å². The Kier molecular flexibility index (Phi) is 19.5. The van der Waals surface area contributed by atoms with Crippen LogP contribution in [-0.2, 0) is 75.3 Å². The molecule has 3 aliphatic carbocycles. The van der Waals surface area contributed by atoms with Crippen LogP contribution in [0.15, 0.2) is 151 Å². The minimum absolute atomic E-state index is 0.0107. The zero-order valence-electron chi connectivity index (χ0n) is 52.4. The first-order valence-electron chi connectivity index (χ1n) is 29.5. The highest BCUT2D eigenvalue weighted by molar-refractivity contribution is 5.97. The van der Waals surface area contributed by atoms with E-state index in [0.29, 0.717) is 0 Å². The first kappa shape index (κ1) is 66.5. The molecule has 9 rings (SSSR count).